The van der Waals surface area contributed by atoms with E-state index in [0.717, 1.165) is 31.7 Å². The van der Waals surface area contributed by atoms with Crippen LogP contribution in [0.1, 0.15) is 43.0 Å². The number of sulfonamides is 1. The lowest BCUT2D eigenvalue weighted by Crippen LogP contribution is -2.48. The van der Waals surface area contributed by atoms with Gasteiger partial charge in [0, 0.05) is 51.5 Å². The highest BCUT2D eigenvalue weighted by molar-refractivity contribution is 7.89. The highest BCUT2D eigenvalue weighted by atomic mass is 32.2. The van der Waals surface area contributed by atoms with Gasteiger partial charge in [0.1, 0.15) is 0 Å². The minimum absolute atomic E-state index is 0.395. The monoisotopic (exact) mass is 390 g/mol. The van der Waals surface area contributed by atoms with Gasteiger partial charge in [0.2, 0.25) is 10.0 Å². The molecule has 1 aliphatic heterocycles. The van der Waals surface area contributed by atoms with Crippen molar-refractivity contribution in [1.29, 1.82) is 0 Å². The molecule has 0 bridgehead atoms. The normalized spacial score (nSPS) is 17.9. The average molecular weight is 391 g/mol. The lowest BCUT2D eigenvalue weighted by atomic mass is 9.99. The van der Waals surface area contributed by atoms with Crippen LogP contribution in [-0.2, 0) is 23.6 Å². The van der Waals surface area contributed by atoms with Gasteiger partial charge >= 0.3 is 0 Å². The quantitative estimate of drug-likeness (QED) is 0.761. The Morgan fingerprint density at radius 1 is 1.11 bits per heavy atom. The van der Waals surface area contributed by atoms with Crippen molar-refractivity contribution < 1.29 is 8.42 Å². The van der Waals surface area contributed by atoms with Crippen molar-refractivity contribution in [2.24, 2.45) is 7.05 Å². The Morgan fingerprint density at radius 3 is 2.26 bits per heavy atom. The van der Waals surface area contributed by atoms with Crippen LogP contribution >= 0.6 is 0 Å². The van der Waals surface area contributed by atoms with Gasteiger partial charge in [-0.25, -0.2) is 8.42 Å². The van der Waals surface area contributed by atoms with Gasteiger partial charge in [0.15, 0.2) is 0 Å². The summed E-state index contributed by atoms with van der Waals surface area (Å²) < 4.78 is 29.3. The summed E-state index contributed by atoms with van der Waals surface area (Å²) in [5, 5.41) is 4.38. The number of aryl methyl sites for hydroxylation is 2. The van der Waals surface area contributed by atoms with Crippen LogP contribution in [0.15, 0.2) is 35.4 Å². The van der Waals surface area contributed by atoms with Gasteiger partial charge < -0.3 is 0 Å². The van der Waals surface area contributed by atoms with E-state index in [1.54, 1.807) is 16.4 Å². The molecule has 148 valence electrons. The molecular formula is C20H30N4O2S. The van der Waals surface area contributed by atoms with Gasteiger partial charge in [-0.15, -0.1) is 0 Å². The lowest BCUT2D eigenvalue weighted by molar-refractivity contribution is 0.181. The molecular weight excluding hydrogens is 360 g/mol. The van der Waals surface area contributed by atoms with E-state index in [0.29, 0.717) is 23.9 Å². The first kappa shape index (κ1) is 20.0. The molecule has 0 amide bonds. The van der Waals surface area contributed by atoms with Gasteiger partial charge in [-0.2, -0.15) is 9.40 Å². The minimum atomic E-state index is -3.42. The largest absolute Gasteiger partial charge is 0.296 e. The molecule has 27 heavy (non-hydrogen) atoms. The molecule has 1 aromatic heterocycles. The number of piperazine rings is 1. The predicted octanol–water partition coefficient (Wildman–Crippen LogP) is 2.75. The SMILES string of the molecule is CCC(C)c1ccc(S(=O)(=O)N2CCN(Cc3cn(C)nc3C)CC2)cc1. The first-order valence-corrected chi connectivity index (χ1v) is 11.1. The van der Waals surface area contributed by atoms with Crippen LogP contribution in [0.3, 0.4) is 0 Å². The van der Waals surface area contributed by atoms with Crippen molar-refractivity contribution >= 4 is 10.0 Å². The molecule has 0 spiro atoms. The first-order valence-electron chi connectivity index (χ1n) is 9.63. The van der Waals surface area contributed by atoms with E-state index < -0.39 is 10.0 Å². The Bertz CT molecular complexity index is 866. The van der Waals surface area contributed by atoms with E-state index >= 15 is 0 Å². The molecule has 1 fully saturated rings. The third kappa shape index (κ3) is 4.42. The third-order valence-corrected chi connectivity index (χ3v) is 7.45. The molecule has 1 atom stereocenters. The highest BCUT2D eigenvalue weighted by Gasteiger charge is 2.28. The molecule has 6 nitrogen and oxygen atoms in total. The van der Waals surface area contributed by atoms with Crippen LogP contribution < -0.4 is 0 Å². The van der Waals surface area contributed by atoms with E-state index in [-0.39, 0.29) is 0 Å². The Labute approximate surface area is 162 Å². The number of nitrogens with zero attached hydrogens (tertiary/aromatic N) is 4. The smallest absolute Gasteiger partial charge is 0.243 e. The summed E-state index contributed by atoms with van der Waals surface area (Å²) in [5.74, 6) is 0.446. The lowest BCUT2D eigenvalue weighted by Gasteiger charge is -2.33. The molecule has 2 heterocycles. The second-order valence-electron chi connectivity index (χ2n) is 7.47. The van der Waals surface area contributed by atoms with Crippen molar-refractivity contribution in [1.82, 2.24) is 19.0 Å². The zero-order valence-electron chi connectivity index (χ0n) is 16.7. The maximum absolute atomic E-state index is 13.0. The van der Waals surface area contributed by atoms with Crippen LogP contribution in [0.4, 0.5) is 0 Å². The van der Waals surface area contributed by atoms with Crippen LogP contribution in [-0.4, -0.2) is 53.6 Å². The first-order chi connectivity index (χ1) is 12.8. The zero-order chi connectivity index (χ0) is 19.6. The highest BCUT2D eigenvalue weighted by Crippen LogP contribution is 2.23. The van der Waals surface area contributed by atoms with E-state index in [2.05, 4.69) is 23.8 Å². The zero-order valence-corrected chi connectivity index (χ0v) is 17.5. The van der Waals surface area contributed by atoms with Gasteiger partial charge in [-0.3, -0.25) is 9.58 Å². The Hall–Kier alpha value is -1.70. The molecule has 1 aliphatic rings. The predicted molar refractivity (Wildman–Crippen MR) is 107 cm³/mol. The maximum atomic E-state index is 13.0. The third-order valence-electron chi connectivity index (χ3n) is 5.54. The Morgan fingerprint density at radius 2 is 1.74 bits per heavy atom. The molecule has 3 rings (SSSR count). The van der Waals surface area contributed by atoms with Crippen molar-refractivity contribution in [3.05, 3.63) is 47.3 Å². The van der Waals surface area contributed by atoms with Gasteiger partial charge in [-0.05, 0) is 37.0 Å². The summed E-state index contributed by atoms with van der Waals surface area (Å²) >= 11 is 0. The molecule has 1 unspecified atom stereocenters. The van der Waals surface area contributed by atoms with E-state index in [1.165, 1.54) is 11.1 Å². The standard InChI is InChI=1S/C20H30N4O2S/c1-5-16(2)18-6-8-20(9-7-18)27(25,26)24-12-10-23(11-13-24)15-19-14-22(4)21-17(19)3/h6-9,14,16H,5,10-13,15H2,1-4H3. The Balaban J connectivity index is 1.63. The second-order valence-corrected chi connectivity index (χ2v) is 9.41. The molecule has 0 aliphatic carbocycles. The van der Waals surface area contributed by atoms with Gasteiger partial charge in [0.05, 0.1) is 10.6 Å². The van der Waals surface area contributed by atoms with Gasteiger partial charge in [-0.1, -0.05) is 26.0 Å². The van der Waals surface area contributed by atoms with E-state index in [4.69, 9.17) is 0 Å². The molecule has 0 N–H and O–H groups in total. The number of hydrogen-bond acceptors (Lipinski definition) is 4. The van der Waals surface area contributed by atoms with Crippen LogP contribution in [0.25, 0.3) is 0 Å². The summed E-state index contributed by atoms with van der Waals surface area (Å²) in [4.78, 5) is 2.69. The summed E-state index contributed by atoms with van der Waals surface area (Å²) in [6.45, 7) is 9.64. The fourth-order valence-corrected chi connectivity index (χ4v) is 4.95. The molecule has 0 radical (unpaired) electrons. The molecule has 0 saturated carbocycles. The van der Waals surface area contributed by atoms with Crippen molar-refractivity contribution in [3.63, 3.8) is 0 Å². The summed E-state index contributed by atoms with van der Waals surface area (Å²) in [6.07, 6.45) is 3.09. The fourth-order valence-electron chi connectivity index (χ4n) is 3.53. The van der Waals surface area contributed by atoms with Crippen molar-refractivity contribution in [3.8, 4) is 0 Å². The molecule has 2 aromatic rings. The molecule has 1 saturated heterocycles. The summed E-state index contributed by atoms with van der Waals surface area (Å²) in [7, 11) is -1.50. The van der Waals surface area contributed by atoms with Crippen LogP contribution in [0.2, 0.25) is 0 Å². The minimum Gasteiger partial charge on any atom is -0.296 e. The fraction of sp³-hybridized carbons (Fsp3) is 0.550. The number of aromatic nitrogens is 2. The topological polar surface area (TPSA) is 58.4 Å². The number of benzene rings is 1. The summed E-state index contributed by atoms with van der Waals surface area (Å²) in [6, 6.07) is 7.40. The number of rotatable bonds is 6. The average Bonchev–Trinajstić information content (AvgIpc) is 2.98. The van der Waals surface area contributed by atoms with Crippen LogP contribution in [0.5, 0.6) is 0 Å². The molecule has 7 heteroatoms. The maximum Gasteiger partial charge on any atom is 0.243 e. The van der Waals surface area contributed by atoms with Gasteiger partial charge in [0.25, 0.3) is 0 Å². The van der Waals surface area contributed by atoms with Crippen molar-refractivity contribution in [2.75, 3.05) is 26.2 Å². The van der Waals surface area contributed by atoms with E-state index in [9.17, 15) is 8.42 Å². The summed E-state index contributed by atoms with van der Waals surface area (Å²) in [5.41, 5.74) is 3.43. The van der Waals surface area contributed by atoms with E-state index in [1.807, 2.05) is 37.0 Å². The number of hydrogen-bond donors (Lipinski definition) is 0. The Kier molecular flexibility index (Phi) is 6.03. The van der Waals surface area contributed by atoms with Crippen molar-refractivity contribution in [2.45, 2.75) is 44.6 Å². The van der Waals surface area contributed by atoms with Crippen LogP contribution in [0, 0.1) is 6.92 Å². The molecule has 1 aromatic carbocycles. The second kappa shape index (κ2) is 8.12.